The highest BCUT2D eigenvalue weighted by atomic mass is 32.1. The van der Waals surface area contributed by atoms with Crippen LogP contribution in [0.2, 0.25) is 0 Å². The van der Waals surface area contributed by atoms with Gasteiger partial charge < -0.3 is 10.5 Å². The van der Waals surface area contributed by atoms with Crippen LogP contribution >= 0.6 is 11.3 Å². The number of ether oxygens (including phenoxy) is 1. The third kappa shape index (κ3) is 2.10. The molecule has 4 rings (SSSR count). The standard InChI is InChI=1S/C11H16FN3OS/c12-11-4-1-10(2-5-11,3-6-11)7-16-9-15-14-8(13)17-9/h1-7H2,(H2,13,14). The summed E-state index contributed by atoms with van der Waals surface area (Å²) in [4.78, 5) is 0. The fraction of sp³-hybridized carbons (Fsp3) is 0.818. The van der Waals surface area contributed by atoms with Crippen molar-refractivity contribution in [2.45, 2.75) is 44.2 Å². The normalized spacial score (nSPS) is 36.1. The summed E-state index contributed by atoms with van der Waals surface area (Å²) in [6, 6.07) is 0. The van der Waals surface area contributed by atoms with E-state index in [9.17, 15) is 4.39 Å². The topological polar surface area (TPSA) is 61.0 Å². The summed E-state index contributed by atoms with van der Waals surface area (Å²) in [5.74, 6) is 0. The number of halogens is 1. The van der Waals surface area contributed by atoms with Crippen LogP contribution in [0.3, 0.4) is 0 Å². The minimum Gasteiger partial charge on any atom is -0.468 e. The summed E-state index contributed by atoms with van der Waals surface area (Å²) in [6.07, 6.45) is 4.85. The average Bonchev–Trinajstić information content (AvgIpc) is 2.75. The van der Waals surface area contributed by atoms with E-state index >= 15 is 0 Å². The van der Waals surface area contributed by atoms with E-state index in [4.69, 9.17) is 10.5 Å². The molecule has 17 heavy (non-hydrogen) atoms. The van der Waals surface area contributed by atoms with Gasteiger partial charge in [-0.2, -0.15) is 0 Å². The lowest BCUT2D eigenvalue weighted by atomic mass is 9.60. The first-order chi connectivity index (χ1) is 8.09. The van der Waals surface area contributed by atoms with Gasteiger partial charge in [0, 0.05) is 5.41 Å². The van der Waals surface area contributed by atoms with Crippen LogP contribution in [0.4, 0.5) is 9.52 Å². The molecule has 2 N–H and O–H groups in total. The second-order valence-electron chi connectivity index (χ2n) is 5.35. The number of nitrogens with two attached hydrogens (primary N) is 1. The first kappa shape index (κ1) is 11.2. The van der Waals surface area contributed by atoms with Crippen LogP contribution in [-0.2, 0) is 0 Å². The molecule has 0 amide bonds. The molecule has 6 heteroatoms. The van der Waals surface area contributed by atoms with Crippen molar-refractivity contribution in [3.05, 3.63) is 0 Å². The molecule has 3 aliphatic carbocycles. The van der Waals surface area contributed by atoms with E-state index in [0.717, 1.165) is 19.3 Å². The fourth-order valence-corrected chi connectivity index (χ4v) is 3.39. The largest absolute Gasteiger partial charge is 0.468 e. The molecule has 94 valence electrons. The van der Waals surface area contributed by atoms with Gasteiger partial charge in [0.05, 0.1) is 6.61 Å². The van der Waals surface area contributed by atoms with Crippen molar-refractivity contribution < 1.29 is 9.13 Å². The molecule has 0 spiro atoms. The molecule has 4 nitrogen and oxygen atoms in total. The molecule has 3 saturated carbocycles. The van der Waals surface area contributed by atoms with Crippen molar-refractivity contribution in [1.29, 1.82) is 0 Å². The maximum absolute atomic E-state index is 14.0. The average molecular weight is 257 g/mol. The summed E-state index contributed by atoms with van der Waals surface area (Å²) in [5.41, 5.74) is 4.77. The van der Waals surface area contributed by atoms with Crippen molar-refractivity contribution in [2.24, 2.45) is 5.41 Å². The second-order valence-corrected chi connectivity index (χ2v) is 6.32. The maximum Gasteiger partial charge on any atom is 0.295 e. The first-order valence-corrected chi connectivity index (χ1v) is 6.82. The van der Waals surface area contributed by atoms with Crippen LogP contribution in [0.25, 0.3) is 0 Å². The number of nitrogen functional groups attached to an aromatic ring is 1. The van der Waals surface area contributed by atoms with Gasteiger partial charge in [-0.05, 0) is 49.9 Å². The smallest absolute Gasteiger partial charge is 0.295 e. The molecule has 2 bridgehead atoms. The molecule has 0 unspecified atom stereocenters. The lowest BCUT2D eigenvalue weighted by molar-refractivity contribution is -0.0547. The molecule has 1 aromatic rings. The summed E-state index contributed by atoms with van der Waals surface area (Å²) < 4.78 is 19.7. The summed E-state index contributed by atoms with van der Waals surface area (Å²) in [6.45, 7) is 0.623. The van der Waals surface area contributed by atoms with Crippen molar-refractivity contribution in [3.8, 4) is 5.19 Å². The number of hydrogen-bond donors (Lipinski definition) is 1. The number of alkyl halides is 1. The minimum atomic E-state index is -0.880. The summed E-state index contributed by atoms with van der Waals surface area (Å²) >= 11 is 1.26. The number of anilines is 1. The van der Waals surface area contributed by atoms with E-state index in [2.05, 4.69) is 10.2 Å². The lowest BCUT2D eigenvalue weighted by Gasteiger charge is -2.49. The van der Waals surface area contributed by atoms with Gasteiger partial charge >= 0.3 is 0 Å². The van der Waals surface area contributed by atoms with Gasteiger partial charge in [-0.3, -0.25) is 0 Å². The van der Waals surface area contributed by atoms with Crippen LogP contribution in [0, 0.1) is 5.41 Å². The molecule has 0 atom stereocenters. The highest BCUT2D eigenvalue weighted by Crippen LogP contribution is 2.54. The molecule has 3 aliphatic rings. The quantitative estimate of drug-likeness (QED) is 0.904. The zero-order valence-corrected chi connectivity index (χ0v) is 10.4. The third-order valence-electron chi connectivity index (χ3n) is 4.23. The molecular formula is C11H16FN3OS. The van der Waals surface area contributed by atoms with Crippen LogP contribution in [0.15, 0.2) is 0 Å². The lowest BCUT2D eigenvalue weighted by Crippen LogP contribution is -2.46. The Morgan fingerprint density at radius 1 is 1.18 bits per heavy atom. The Labute approximate surface area is 103 Å². The molecule has 3 fully saturated rings. The molecule has 0 aromatic carbocycles. The van der Waals surface area contributed by atoms with Crippen molar-refractivity contribution in [1.82, 2.24) is 10.2 Å². The second kappa shape index (κ2) is 3.80. The Balaban J connectivity index is 1.62. The van der Waals surface area contributed by atoms with Crippen LogP contribution in [0.1, 0.15) is 38.5 Å². The Bertz CT molecular complexity index is 398. The van der Waals surface area contributed by atoms with E-state index in [0.29, 0.717) is 36.2 Å². The molecular weight excluding hydrogens is 241 g/mol. The van der Waals surface area contributed by atoms with Gasteiger partial charge in [0.1, 0.15) is 5.67 Å². The van der Waals surface area contributed by atoms with Crippen molar-refractivity contribution in [2.75, 3.05) is 12.3 Å². The Kier molecular flexibility index (Phi) is 2.50. The number of hydrogen-bond acceptors (Lipinski definition) is 5. The highest BCUT2D eigenvalue weighted by molar-refractivity contribution is 7.16. The van der Waals surface area contributed by atoms with E-state index in [1.807, 2.05) is 0 Å². The van der Waals surface area contributed by atoms with Gasteiger partial charge in [0.2, 0.25) is 5.13 Å². The number of fused-ring (bicyclic) bond motifs is 3. The molecule has 1 aromatic heterocycles. The predicted octanol–water partition coefficient (Wildman–Crippen LogP) is 2.56. The van der Waals surface area contributed by atoms with Gasteiger partial charge in [-0.25, -0.2) is 4.39 Å². The fourth-order valence-electron chi connectivity index (χ4n) is 2.93. The van der Waals surface area contributed by atoms with E-state index in [1.165, 1.54) is 11.3 Å². The third-order valence-corrected chi connectivity index (χ3v) is 4.90. The summed E-state index contributed by atoms with van der Waals surface area (Å²) in [5, 5.41) is 8.50. The number of rotatable bonds is 3. The Morgan fingerprint density at radius 3 is 2.35 bits per heavy atom. The minimum absolute atomic E-state index is 0.161. The Hall–Kier alpha value is -0.910. The zero-order valence-electron chi connectivity index (χ0n) is 9.62. The van der Waals surface area contributed by atoms with Gasteiger partial charge in [0.15, 0.2) is 0 Å². The molecule has 0 radical (unpaired) electrons. The van der Waals surface area contributed by atoms with Crippen LogP contribution < -0.4 is 10.5 Å². The van der Waals surface area contributed by atoms with Crippen molar-refractivity contribution >= 4 is 16.5 Å². The SMILES string of the molecule is Nc1nnc(OCC23CCC(F)(CC2)CC3)s1. The number of aromatic nitrogens is 2. The number of nitrogens with zero attached hydrogens (tertiary/aromatic N) is 2. The van der Waals surface area contributed by atoms with Crippen molar-refractivity contribution in [3.63, 3.8) is 0 Å². The van der Waals surface area contributed by atoms with Gasteiger partial charge in [0.25, 0.3) is 5.19 Å². The zero-order chi connectivity index (χ0) is 11.9. The van der Waals surface area contributed by atoms with Gasteiger partial charge in [-0.1, -0.05) is 5.10 Å². The van der Waals surface area contributed by atoms with E-state index in [1.54, 1.807) is 0 Å². The van der Waals surface area contributed by atoms with Crippen LogP contribution in [0.5, 0.6) is 5.19 Å². The summed E-state index contributed by atoms with van der Waals surface area (Å²) in [7, 11) is 0. The van der Waals surface area contributed by atoms with Crippen LogP contribution in [-0.4, -0.2) is 22.5 Å². The first-order valence-electron chi connectivity index (χ1n) is 6.00. The van der Waals surface area contributed by atoms with Gasteiger partial charge in [-0.15, -0.1) is 5.10 Å². The monoisotopic (exact) mass is 257 g/mol. The highest BCUT2D eigenvalue weighted by Gasteiger charge is 2.49. The molecule has 1 heterocycles. The van der Waals surface area contributed by atoms with E-state index in [-0.39, 0.29) is 5.41 Å². The Morgan fingerprint density at radius 2 is 1.82 bits per heavy atom. The van der Waals surface area contributed by atoms with E-state index < -0.39 is 5.67 Å². The predicted molar refractivity (Wildman–Crippen MR) is 63.8 cm³/mol. The molecule has 0 saturated heterocycles. The maximum atomic E-state index is 14.0. The molecule has 0 aliphatic heterocycles.